The van der Waals surface area contributed by atoms with Crippen LogP contribution in [-0.2, 0) is 0 Å². The summed E-state index contributed by atoms with van der Waals surface area (Å²) in [6.07, 6.45) is 8.10. The summed E-state index contributed by atoms with van der Waals surface area (Å²) in [5.74, 6) is 1.10. The van der Waals surface area contributed by atoms with E-state index in [1.165, 1.54) is 32.0 Å². The van der Waals surface area contributed by atoms with E-state index < -0.39 is 0 Å². The molecule has 1 aliphatic carbocycles. The van der Waals surface area contributed by atoms with Crippen LogP contribution in [0.4, 0.5) is 0 Å². The Hall–Kier alpha value is -0.820. The molecule has 0 unspecified atom stereocenters. The molecule has 0 N–H and O–H groups in total. The highest BCUT2D eigenvalue weighted by atomic mass is 127. The van der Waals surface area contributed by atoms with Gasteiger partial charge in [-0.2, -0.15) is 0 Å². The third kappa shape index (κ3) is 2.72. The number of halogens is 2. The fourth-order valence-electron chi connectivity index (χ4n) is 2.44. The zero-order valence-electron chi connectivity index (χ0n) is 10.2. The fourth-order valence-corrected chi connectivity index (χ4v) is 3.30. The molecule has 0 aromatic carbocycles. The van der Waals surface area contributed by atoms with E-state index in [0.29, 0.717) is 22.6 Å². The Morgan fingerprint density at radius 2 is 2.00 bits per heavy atom. The van der Waals surface area contributed by atoms with E-state index in [2.05, 4.69) is 37.5 Å². The predicted molar refractivity (Wildman–Crippen MR) is 82.0 cm³/mol. The van der Waals surface area contributed by atoms with Crippen LogP contribution in [0.25, 0.3) is 11.5 Å². The lowest BCUT2D eigenvalue weighted by molar-refractivity contribution is 0.690. The third-order valence-corrected chi connectivity index (χ3v) is 5.05. The third-order valence-electron chi connectivity index (χ3n) is 3.39. The molecule has 0 saturated heterocycles. The molecule has 0 radical (unpaired) electrons. The van der Waals surface area contributed by atoms with Gasteiger partial charge < -0.3 is 0 Å². The van der Waals surface area contributed by atoms with Gasteiger partial charge in [0.15, 0.2) is 5.82 Å². The van der Waals surface area contributed by atoms with E-state index in [1.54, 1.807) is 12.3 Å². The van der Waals surface area contributed by atoms with Gasteiger partial charge in [-0.15, -0.1) is 0 Å². The van der Waals surface area contributed by atoms with Crippen molar-refractivity contribution in [2.45, 2.75) is 31.6 Å². The first-order valence-electron chi connectivity index (χ1n) is 6.25. The molecule has 0 atom stereocenters. The van der Waals surface area contributed by atoms with Crippen LogP contribution in [0.15, 0.2) is 18.6 Å². The lowest BCUT2D eigenvalue weighted by Crippen LogP contribution is -2.05. The second kappa shape index (κ2) is 5.66. The van der Waals surface area contributed by atoms with Gasteiger partial charge in [0.25, 0.3) is 0 Å². The maximum atomic E-state index is 6.25. The zero-order chi connectivity index (χ0) is 13.2. The minimum Gasteiger partial charge on any atom is -0.245 e. The maximum absolute atomic E-state index is 6.25. The molecule has 0 bridgehead atoms. The van der Waals surface area contributed by atoms with E-state index >= 15 is 0 Å². The maximum Gasteiger partial charge on any atom is 0.180 e. The molecule has 19 heavy (non-hydrogen) atoms. The first kappa shape index (κ1) is 13.2. The second-order valence-corrected chi connectivity index (χ2v) is 6.05. The van der Waals surface area contributed by atoms with Crippen molar-refractivity contribution in [3.05, 3.63) is 33.0 Å². The van der Waals surface area contributed by atoms with Crippen molar-refractivity contribution < 1.29 is 0 Å². The Bertz CT molecular complexity index is 585. The standard InChI is InChI=1S/C13H12ClIN4/c14-12-10(15)11(8-3-1-2-4-8)18-13(19-12)9-5-6-16-7-17-9/h5-8H,1-4H2. The topological polar surface area (TPSA) is 51.6 Å². The molecular weight excluding hydrogens is 375 g/mol. The Kier molecular flexibility index (Phi) is 3.93. The summed E-state index contributed by atoms with van der Waals surface area (Å²) in [5, 5.41) is 0.520. The van der Waals surface area contributed by atoms with Crippen LogP contribution in [0.2, 0.25) is 5.15 Å². The van der Waals surface area contributed by atoms with Gasteiger partial charge in [0.2, 0.25) is 0 Å². The zero-order valence-corrected chi connectivity index (χ0v) is 13.1. The summed E-state index contributed by atoms with van der Waals surface area (Å²) in [6.45, 7) is 0. The van der Waals surface area contributed by atoms with Crippen molar-refractivity contribution in [2.24, 2.45) is 0 Å². The molecule has 4 nitrogen and oxygen atoms in total. The molecule has 2 aromatic heterocycles. The average Bonchev–Trinajstić information content (AvgIpc) is 2.96. The van der Waals surface area contributed by atoms with Crippen molar-refractivity contribution >= 4 is 34.2 Å². The van der Waals surface area contributed by atoms with Gasteiger partial charge in [0.1, 0.15) is 17.2 Å². The molecule has 0 aliphatic heterocycles. The van der Waals surface area contributed by atoms with Crippen LogP contribution in [0.1, 0.15) is 37.3 Å². The highest BCUT2D eigenvalue weighted by molar-refractivity contribution is 14.1. The van der Waals surface area contributed by atoms with Crippen molar-refractivity contribution in [3.8, 4) is 11.5 Å². The van der Waals surface area contributed by atoms with Gasteiger partial charge in [0.05, 0.1) is 9.26 Å². The van der Waals surface area contributed by atoms with E-state index in [4.69, 9.17) is 16.6 Å². The van der Waals surface area contributed by atoms with E-state index in [0.717, 1.165) is 9.26 Å². The minimum absolute atomic E-state index is 0.507. The van der Waals surface area contributed by atoms with Gasteiger partial charge >= 0.3 is 0 Å². The molecule has 0 amide bonds. The molecular formula is C13H12ClIN4. The SMILES string of the molecule is Clc1nc(-c2ccncn2)nc(C2CCCC2)c1I. The lowest BCUT2D eigenvalue weighted by Gasteiger charge is -2.13. The molecule has 1 saturated carbocycles. The highest BCUT2D eigenvalue weighted by Crippen LogP contribution is 2.37. The Balaban J connectivity index is 2.07. The van der Waals surface area contributed by atoms with Crippen LogP contribution >= 0.6 is 34.2 Å². The number of aromatic nitrogens is 4. The lowest BCUT2D eigenvalue weighted by atomic mass is 10.0. The molecule has 98 valence electrons. The molecule has 6 heteroatoms. The van der Waals surface area contributed by atoms with Crippen LogP contribution in [0.5, 0.6) is 0 Å². The van der Waals surface area contributed by atoms with Gasteiger partial charge in [-0.25, -0.2) is 19.9 Å². The summed E-state index contributed by atoms with van der Waals surface area (Å²) in [5.41, 5.74) is 1.79. The van der Waals surface area contributed by atoms with Crippen LogP contribution < -0.4 is 0 Å². The van der Waals surface area contributed by atoms with Crippen LogP contribution in [-0.4, -0.2) is 19.9 Å². The summed E-state index contributed by atoms with van der Waals surface area (Å²) in [7, 11) is 0. The van der Waals surface area contributed by atoms with Crippen molar-refractivity contribution in [1.82, 2.24) is 19.9 Å². The number of hydrogen-bond acceptors (Lipinski definition) is 4. The number of rotatable bonds is 2. The quantitative estimate of drug-likeness (QED) is 0.581. The summed E-state index contributed by atoms with van der Waals surface area (Å²) >= 11 is 8.49. The van der Waals surface area contributed by atoms with E-state index in [9.17, 15) is 0 Å². The molecule has 0 spiro atoms. The second-order valence-electron chi connectivity index (χ2n) is 4.61. The van der Waals surface area contributed by atoms with E-state index in [-0.39, 0.29) is 0 Å². The average molecular weight is 387 g/mol. The van der Waals surface area contributed by atoms with Crippen molar-refractivity contribution in [3.63, 3.8) is 0 Å². The Morgan fingerprint density at radius 1 is 1.21 bits per heavy atom. The summed E-state index contributed by atoms with van der Waals surface area (Å²) < 4.78 is 0.976. The fraction of sp³-hybridized carbons (Fsp3) is 0.385. The summed E-state index contributed by atoms with van der Waals surface area (Å²) in [4.78, 5) is 17.1. The van der Waals surface area contributed by atoms with E-state index in [1.807, 2.05) is 0 Å². The monoisotopic (exact) mass is 386 g/mol. The highest BCUT2D eigenvalue weighted by Gasteiger charge is 2.23. The smallest absolute Gasteiger partial charge is 0.180 e. The largest absolute Gasteiger partial charge is 0.245 e. The van der Waals surface area contributed by atoms with Crippen molar-refractivity contribution in [2.75, 3.05) is 0 Å². The minimum atomic E-state index is 0.507. The van der Waals surface area contributed by atoms with Gasteiger partial charge in [-0.05, 0) is 41.5 Å². The predicted octanol–water partition coefficient (Wildman–Crippen LogP) is 3.85. The normalized spacial score (nSPS) is 15.9. The molecule has 2 heterocycles. The first-order valence-corrected chi connectivity index (χ1v) is 7.70. The van der Waals surface area contributed by atoms with Gasteiger partial charge in [0, 0.05) is 12.1 Å². The van der Waals surface area contributed by atoms with Crippen LogP contribution in [0.3, 0.4) is 0 Å². The Morgan fingerprint density at radius 3 is 2.68 bits per heavy atom. The van der Waals surface area contributed by atoms with Crippen molar-refractivity contribution in [1.29, 1.82) is 0 Å². The molecule has 1 fully saturated rings. The molecule has 1 aliphatic rings. The summed E-state index contributed by atoms with van der Waals surface area (Å²) in [6, 6.07) is 1.80. The van der Waals surface area contributed by atoms with Gasteiger partial charge in [-0.1, -0.05) is 24.4 Å². The Labute approximate surface area is 130 Å². The van der Waals surface area contributed by atoms with Gasteiger partial charge in [-0.3, -0.25) is 0 Å². The number of nitrogens with zero attached hydrogens (tertiary/aromatic N) is 4. The van der Waals surface area contributed by atoms with Crippen LogP contribution in [0, 0.1) is 3.57 Å². The number of hydrogen-bond donors (Lipinski definition) is 0. The molecule has 2 aromatic rings. The first-order chi connectivity index (χ1) is 9.25. The molecule has 3 rings (SSSR count).